The van der Waals surface area contributed by atoms with E-state index in [9.17, 15) is 9.59 Å². The molecule has 4 aliphatic carbocycles. The Bertz CT molecular complexity index is 1090. The molecule has 248 valence electrons. The van der Waals surface area contributed by atoms with E-state index in [1.807, 2.05) is 4.90 Å². The van der Waals surface area contributed by atoms with Crippen LogP contribution in [0.4, 0.5) is 0 Å². The van der Waals surface area contributed by atoms with Gasteiger partial charge in [0.05, 0.1) is 12.7 Å². The molecule has 0 aromatic rings. The predicted octanol–water partition coefficient (Wildman–Crippen LogP) is 4.02. The third kappa shape index (κ3) is 5.16. The summed E-state index contributed by atoms with van der Waals surface area (Å²) >= 11 is 0. The van der Waals surface area contributed by atoms with Crippen LogP contribution in [0.5, 0.6) is 0 Å². The van der Waals surface area contributed by atoms with Gasteiger partial charge in [0, 0.05) is 51.2 Å². The lowest BCUT2D eigenvalue weighted by Crippen LogP contribution is -2.58. The molecule has 7 rings (SSSR count). The number of aliphatic hydroxyl groups is 1. The summed E-state index contributed by atoms with van der Waals surface area (Å²) in [5.74, 6) is 4.90. The summed E-state index contributed by atoms with van der Waals surface area (Å²) in [6, 6.07) is 0.196. The lowest BCUT2D eigenvalue weighted by molar-refractivity contribution is -0.140. The number of nitrogens with one attached hydrogen (secondary N) is 2. The number of carbonyl (C=O) groups excluding carboxylic acids is 2. The highest BCUT2D eigenvalue weighted by Gasteiger charge is 2.68. The molecule has 4 saturated carbocycles. The molecule has 0 radical (unpaired) electrons. The molecule has 8 heteroatoms. The van der Waals surface area contributed by atoms with E-state index in [-0.39, 0.29) is 36.6 Å². The van der Waals surface area contributed by atoms with Crippen molar-refractivity contribution in [2.45, 2.75) is 116 Å². The monoisotopic (exact) mass is 612 g/mol. The Morgan fingerprint density at radius 2 is 1.70 bits per heavy atom. The molecular weight excluding hydrogens is 552 g/mol. The fourth-order valence-corrected chi connectivity index (χ4v) is 12.5. The molecule has 0 bridgehead atoms. The Labute approximate surface area is 265 Å². The van der Waals surface area contributed by atoms with Gasteiger partial charge in [-0.2, -0.15) is 0 Å². The molecule has 3 heterocycles. The number of nitrogens with zero attached hydrogens (tertiary/aromatic N) is 2. The van der Waals surface area contributed by atoms with E-state index in [1.54, 1.807) is 0 Å². The number of ether oxygens (including phenoxy) is 1. The first-order chi connectivity index (χ1) is 21.1. The largest absolute Gasteiger partial charge is 0.395 e. The van der Waals surface area contributed by atoms with Crippen LogP contribution < -0.4 is 10.6 Å². The summed E-state index contributed by atoms with van der Waals surface area (Å²) in [5.41, 5.74) is 0.674. The molecule has 3 aliphatic heterocycles. The van der Waals surface area contributed by atoms with Crippen molar-refractivity contribution in [3.05, 3.63) is 0 Å². The maximum atomic E-state index is 13.0. The van der Waals surface area contributed by atoms with Gasteiger partial charge in [-0.25, -0.2) is 0 Å². The zero-order chi connectivity index (χ0) is 30.9. The van der Waals surface area contributed by atoms with Gasteiger partial charge in [-0.3, -0.25) is 19.8 Å². The van der Waals surface area contributed by atoms with Crippen molar-refractivity contribution < 1.29 is 19.4 Å². The summed E-state index contributed by atoms with van der Waals surface area (Å²) < 4.78 is 7.09. The highest BCUT2D eigenvalue weighted by atomic mass is 16.5. The molecule has 12 atom stereocenters. The Morgan fingerprint density at radius 1 is 0.932 bits per heavy atom. The molecule has 0 aromatic heterocycles. The summed E-state index contributed by atoms with van der Waals surface area (Å²) in [7, 11) is 0. The zero-order valence-corrected chi connectivity index (χ0v) is 28.0. The van der Waals surface area contributed by atoms with E-state index >= 15 is 0 Å². The second kappa shape index (κ2) is 11.8. The van der Waals surface area contributed by atoms with Crippen molar-refractivity contribution >= 4 is 11.8 Å². The van der Waals surface area contributed by atoms with Crippen molar-refractivity contribution in [1.82, 2.24) is 20.4 Å². The number of piperidine rings is 1. The van der Waals surface area contributed by atoms with Crippen LogP contribution in [-0.2, 0) is 14.3 Å². The first kappa shape index (κ1) is 31.4. The standard InChI is InChI=1S/C36H60N4O4/c1-23-7-12-36(37-22-23)24(2)33-30(44-36)20-29-27-6-5-25-19-26(8-10-34(25,3)28(27)9-11-35(29,33)4)38-31(42)21-32(43)40-15-13-39(14-16-40)17-18-41/h23-30,33,37,41H,5-22H2,1-4H3,(H,38,42)/t23-,24+,25+,26?,27-,28+,29+,30+,33+,34+,35+,36-/m1/s1. The number of hydrogen-bond acceptors (Lipinski definition) is 6. The van der Waals surface area contributed by atoms with Crippen LogP contribution in [0.2, 0.25) is 0 Å². The summed E-state index contributed by atoms with van der Waals surface area (Å²) in [6.07, 6.45) is 12.7. The molecule has 3 N–H and O–H groups in total. The predicted molar refractivity (Wildman–Crippen MR) is 170 cm³/mol. The number of hydrogen-bond donors (Lipinski definition) is 3. The van der Waals surface area contributed by atoms with Gasteiger partial charge >= 0.3 is 0 Å². The Hall–Kier alpha value is -1.22. The van der Waals surface area contributed by atoms with E-state index in [0.717, 1.165) is 56.1 Å². The SMILES string of the molecule is C[C@@H]1CC[C@@]2(NC1)O[C@H]1C[C@H]3[C@@H]4CC[C@H]5CC(NC(=O)CC(=O)N6CCN(CCO)CC6)CC[C@]5(C)[C@H]4CC[C@]3(C)[C@H]1[C@@H]2C. The zero-order valence-electron chi connectivity index (χ0n) is 28.0. The first-order valence-electron chi connectivity index (χ1n) is 18.4. The highest BCUT2D eigenvalue weighted by molar-refractivity contribution is 5.97. The molecule has 8 nitrogen and oxygen atoms in total. The van der Waals surface area contributed by atoms with E-state index < -0.39 is 0 Å². The molecule has 3 saturated heterocycles. The number of piperazine rings is 1. The summed E-state index contributed by atoms with van der Waals surface area (Å²) in [4.78, 5) is 29.8. The van der Waals surface area contributed by atoms with Crippen LogP contribution in [0.25, 0.3) is 0 Å². The summed E-state index contributed by atoms with van der Waals surface area (Å²) in [5, 5.41) is 16.4. The third-order valence-electron chi connectivity index (χ3n) is 15.0. The Morgan fingerprint density at radius 3 is 2.43 bits per heavy atom. The van der Waals surface area contributed by atoms with Crippen LogP contribution in [0.3, 0.4) is 0 Å². The van der Waals surface area contributed by atoms with Crippen molar-refractivity contribution in [1.29, 1.82) is 0 Å². The number of rotatable bonds is 5. The minimum atomic E-state index is -0.102. The average Bonchev–Trinajstić information content (AvgIpc) is 3.45. The van der Waals surface area contributed by atoms with Gasteiger partial charge in [-0.15, -0.1) is 0 Å². The van der Waals surface area contributed by atoms with E-state index in [2.05, 4.69) is 43.2 Å². The van der Waals surface area contributed by atoms with Gasteiger partial charge in [-0.05, 0) is 111 Å². The fourth-order valence-electron chi connectivity index (χ4n) is 12.5. The van der Waals surface area contributed by atoms with Crippen molar-refractivity contribution in [3.8, 4) is 0 Å². The van der Waals surface area contributed by atoms with Gasteiger partial charge in [0.2, 0.25) is 11.8 Å². The minimum absolute atomic E-state index is 0.0396. The quantitative estimate of drug-likeness (QED) is 0.407. The first-order valence-corrected chi connectivity index (χ1v) is 18.4. The number of carbonyl (C=O) groups is 2. The topological polar surface area (TPSA) is 94.1 Å². The minimum Gasteiger partial charge on any atom is -0.395 e. The van der Waals surface area contributed by atoms with Crippen LogP contribution in [0.1, 0.15) is 98.3 Å². The van der Waals surface area contributed by atoms with Crippen LogP contribution in [-0.4, -0.2) is 90.5 Å². The second-order valence-electron chi connectivity index (χ2n) is 17.0. The smallest absolute Gasteiger partial charge is 0.232 e. The molecule has 1 spiro atoms. The maximum absolute atomic E-state index is 13.0. The molecule has 7 fully saturated rings. The Balaban J connectivity index is 0.943. The number of β-amino-alcohol motifs (C(OH)–C–C–N with tert-alkyl or cyclic N) is 1. The van der Waals surface area contributed by atoms with Gasteiger partial charge in [0.25, 0.3) is 0 Å². The molecule has 0 aromatic carbocycles. The molecule has 2 amide bonds. The van der Waals surface area contributed by atoms with Crippen LogP contribution in [0, 0.1) is 52.3 Å². The highest BCUT2D eigenvalue weighted by Crippen LogP contribution is 2.71. The lowest BCUT2D eigenvalue weighted by atomic mass is 9.44. The second-order valence-corrected chi connectivity index (χ2v) is 17.0. The molecule has 7 aliphatic rings. The van der Waals surface area contributed by atoms with Gasteiger partial charge in [0.15, 0.2) is 0 Å². The number of fused-ring (bicyclic) bond motifs is 7. The van der Waals surface area contributed by atoms with E-state index in [4.69, 9.17) is 9.84 Å². The van der Waals surface area contributed by atoms with Crippen molar-refractivity contribution in [2.75, 3.05) is 45.9 Å². The third-order valence-corrected chi connectivity index (χ3v) is 15.0. The average molecular weight is 613 g/mol. The van der Waals surface area contributed by atoms with Gasteiger partial charge in [-0.1, -0.05) is 27.7 Å². The maximum Gasteiger partial charge on any atom is 0.232 e. The normalized spacial score (nSPS) is 48.8. The Kier molecular flexibility index (Phi) is 8.41. The number of amides is 2. The van der Waals surface area contributed by atoms with Crippen molar-refractivity contribution in [2.24, 2.45) is 52.3 Å². The van der Waals surface area contributed by atoms with Gasteiger partial charge in [0.1, 0.15) is 12.1 Å². The molecular formula is C36H60N4O4. The van der Waals surface area contributed by atoms with E-state index in [1.165, 1.54) is 51.4 Å². The van der Waals surface area contributed by atoms with Gasteiger partial charge < -0.3 is 20.1 Å². The lowest BCUT2D eigenvalue weighted by Gasteiger charge is -2.61. The number of aliphatic hydroxyl groups excluding tert-OH is 1. The van der Waals surface area contributed by atoms with Crippen LogP contribution in [0.15, 0.2) is 0 Å². The molecule has 44 heavy (non-hydrogen) atoms. The van der Waals surface area contributed by atoms with Crippen LogP contribution >= 0.6 is 0 Å². The fraction of sp³-hybridized carbons (Fsp3) is 0.944. The summed E-state index contributed by atoms with van der Waals surface area (Å²) in [6.45, 7) is 14.8. The van der Waals surface area contributed by atoms with Crippen molar-refractivity contribution in [3.63, 3.8) is 0 Å². The van der Waals surface area contributed by atoms with E-state index in [0.29, 0.717) is 54.3 Å². The molecule has 1 unspecified atom stereocenters.